The summed E-state index contributed by atoms with van der Waals surface area (Å²) in [6, 6.07) is 17.1. The van der Waals surface area contributed by atoms with Crippen molar-refractivity contribution < 1.29 is 4.39 Å². The van der Waals surface area contributed by atoms with E-state index in [0.717, 1.165) is 12.2 Å². The standard InChI is InChI=1S/C16H18FNS/c17-16-9-5-4-6-13(16)12-14(18)10-11-19-15-7-2-1-3-8-15/h1-9,14H,10-12,18H2. The van der Waals surface area contributed by atoms with Gasteiger partial charge in [0.1, 0.15) is 5.82 Å². The van der Waals surface area contributed by atoms with Crippen LogP contribution in [0.1, 0.15) is 12.0 Å². The predicted octanol–water partition coefficient (Wildman–Crippen LogP) is 3.88. The summed E-state index contributed by atoms with van der Waals surface area (Å²) in [5, 5.41) is 0. The molecule has 2 N–H and O–H groups in total. The molecule has 1 unspecified atom stereocenters. The summed E-state index contributed by atoms with van der Waals surface area (Å²) in [7, 11) is 0. The van der Waals surface area contributed by atoms with Gasteiger partial charge in [0.05, 0.1) is 0 Å². The van der Waals surface area contributed by atoms with Gasteiger partial charge in [0.15, 0.2) is 0 Å². The van der Waals surface area contributed by atoms with Crippen LogP contribution >= 0.6 is 11.8 Å². The third-order valence-electron chi connectivity index (χ3n) is 2.94. The molecule has 2 aromatic rings. The van der Waals surface area contributed by atoms with Gasteiger partial charge in [-0.1, -0.05) is 36.4 Å². The summed E-state index contributed by atoms with van der Waals surface area (Å²) in [6.45, 7) is 0. The van der Waals surface area contributed by atoms with Crippen molar-refractivity contribution in [3.63, 3.8) is 0 Å². The number of hydrogen-bond acceptors (Lipinski definition) is 2. The molecule has 1 nitrogen and oxygen atoms in total. The molecule has 0 aliphatic rings. The maximum atomic E-state index is 13.5. The van der Waals surface area contributed by atoms with Crippen LogP contribution in [-0.2, 0) is 6.42 Å². The topological polar surface area (TPSA) is 26.0 Å². The molecular weight excluding hydrogens is 257 g/mol. The summed E-state index contributed by atoms with van der Waals surface area (Å²) in [5.41, 5.74) is 6.77. The van der Waals surface area contributed by atoms with E-state index >= 15 is 0 Å². The molecular formula is C16H18FNS. The Morgan fingerprint density at radius 1 is 1.00 bits per heavy atom. The van der Waals surface area contributed by atoms with Crippen LogP contribution in [0.15, 0.2) is 59.5 Å². The highest BCUT2D eigenvalue weighted by molar-refractivity contribution is 7.99. The Balaban J connectivity index is 1.76. The average molecular weight is 275 g/mol. The molecule has 0 spiro atoms. The van der Waals surface area contributed by atoms with Crippen molar-refractivity contribution in [1.82, 2.24) is 0 Å². The zero-order valence-electron chi connectivity index (χ0n) is 10.8. The highest BCUT2D eigenvalue weighted by atomic mass is 32.2. The van der Waals surface area contributed by atoms with Gasteiger partial charge < -0.3 is 5.73 Å². The van der Waals surface area contributed by atoms with Crippen LogP contribution in [0, 0.1) is 5.82 Å². The van der Waals surface area contributed by atoms with Gasteiger partial charge in [-0.15, -0.1) is 11.8 Å². The van der Waals surface area contributed by atoms with Crippen LogP contribution in [-0.4, -0.2) is 11.8 Å². The predicted molar refractivity (Wildman–Crippen MR) is 79.9 cm³/mol. The second-order valence-electron chi connectivity index (χ2n) is 4.51. The molecule has 3 heteroatoms. The first-order valence-corrected chi connectivity index (χ1v) is 7.41. The Bertz CT molecular complexity index is 501. The van der Waals surface area contributed by atoms with Crippen molar-refractivity contribution in [3.05, 3.63) is 66.0 Å². The maximum absolute atomic E-state index is 13.5. The SMILES string of the molecule is NC(CCSc1ccccc1)Cc1ccccc1F. The monoisotopic (exact) mass is 275 g/mol. The molecule has 2 aromatic carbocycles. The van der Waals surface area contributed by atoms with Gasteiger partial charge in [-0.25, -0.2) is 4.39 Å². The first kappa shape index (κ1) is 14.1. The number of nitrogens with two attached hydrogens (primary N) is 1. The molecule has 0 aliphatic carbocycles. The molecule has 0 aromatic heterocycles. The van der Waals surface area contributed by atoms with Crippen LogP contribution in [0.3, 0.4) is 0 Å². The summed E-state index contributed by atoms with van der Waals surface area (Å²) in [5.74, 6) is 0.799. The molecule has 0 saturated carbocycles. The van der Waals surface area contributed by atoms with E-state index < -0.39 is 0 Å². The molecule has 0 fully saturated rings. The van der Waals surface area contributed by atoms with E-state index in [2.05, 4.69) is 12.1 Å². The first-order chi connectivity index (χ1) is 9.25. The Kier molecular flexibility index (Phi) is 5.43. The first-order valence-electron chi connectivity index (χ1n) is 6.42. The van der Waals surface area contributed by atoms with E-state index in [9.17, 15) is 4.39 Å². The lowest BCUT2D eigenvalue weighted by molar-refractivity contribution is 0.580. The largest absolute Gasteiger partial charge is 0.327 e. The number of halogens is 1. The lowest BCUT2D eigenvalue weighted by Crippen LogP contribution is -2.24. The number of thioether (sulfide) groups is 1. The van der Waals surface area contributed by atoms with Crippen molar-refractivity contribution in [1.29, 1.82) is 0 Å². The average Bonchev–Trinajstić information content (AvgIpc) is 2.43. The van der Waals surface area contributed by atoms with Crippen molar-refractivity contribution in [2.75, 3.05) is 5.75 Å². The van der Waals surface area contributed by atoms with Crippen molar-refractivity contribution in [2.24, 2.45) is 5.73 Å². The van der Waals surface area contributed by atoms with E-state index in [-0.39, 0.29) is 11.9 Å². The fourth-order valence-electron chi connectivity index (χ4n) is 1.89. The molecule has 100 valence electrons. The number of rotatable bonds is 6. The van der Waals surface area contributed by atoms with Crippen molar-refractivity contribution in [3.8, 4) is 0 Å². The summed E-state index contributed by atoms with van der Waals surface area (Å²) >= 11 is 1.79. The van der Waals surface area contributed by atoms with E-state index in [1.165, 1.54) is 11.0 Å². The van der Waals surface area contributed by atoms with Gasteiger partial charge in [-0.2, -0.15) is 0 Å². The second-order valence-corrected chi connectivity index (χ2v) is 5.67. The molecule has 0 aliphatic heterocycles. The minimum atomic E-state index is -0.159. The van der Waals surface area contributed by atoms with E-state index in [1.54, 1.807) is 23.9 Å². The Morgan fingerprint density at radius 3 is 2.42 bits per heavy atom. The van der Waals surface area contributed by atoms with Gasteiger partial charge in [0, 0.05) is 10.9 Å². The zero-order chi connectivity index (χ0) is 13.5. The Hall–Kier alpha value is -1.32. The molecule has 0 saturated heterocycles. The smallest absolute Gasteiger partial charge is 0.126 e. The van der Waals surface area contributed by atoms with Crippen molar-refractivity contribution in [2.45, 2.75) is 23.8 Å². The van der Waals surface area contributed by atoms with Crippen LogP contribution in [0.5, 0.6) is 0 Å². The lowest BCUT2D eigenvalue weighted by Gasteiger charge is -2.12. The van der Waals surface area contributed by atoms with E-state index in [4.69, 9.17) is 5.73 Å². The van der Waals surface area contributed by atoms with Crippen molar-refractivity contribution >= 4 is 11.8 Å². The quantitative estimate of drug-likeness (QED) is 0.810. The minimum Gasteiger partial charge on any atom is -0.327 e. The van der Waals surface area contributed by atoms with Gasteiger partial charge >= 0.3 is 0 Å². The van der Waals surface area contributed by atoms with Crippen LogP contribution in [0.25, 0.3) is 0 Å². The summed E-state index contributed by atoms with van der Waals surface area (Å²) in [4.78, 5) is 1.25. The van der Waals surface area contributed by atoms with Crippen LogP contribution in [0.2, 0.25) is 0 Å². The lowest BCUT2D eigenvalue weighted by atomic mass is 10.0. The van der Waals surface area contributed by atoms with Gasteiger partial charge in [0.2, 0.25) is 0 Å². The number of benzene rings is 2. The molecule has 0 radical (unpaired) electrons. The van der Waals surface area contributed by atoms with Crippen LogP contribution in [0.4, 0.5) is 4.39 Å². The molecule has 2 rings (SSSR count). The van der Waals surface area contributed by atoms with Gasteiger partial charge in [-0.05, 0) is 42.4 Å². The van der Waals surface area contributed by atoms with Gasteiger partial charge in [0.25, 0.3) is 0 Å². The zero-order valence-corrected chi connectivity index (χ0v) is 11.6. The molecule has 0 heterocycles. The summed E-state index contributed by atoms with van der Waals surface area (Å²) in [6.07, 6.45) is 1.48. The van der Waals surface area contributed by atoms with E-state index in [1.807, 2.05) is 24.3 Å². The maximum Gasteiger partial charge on any atom is 0.126 e. The molecule has 19 heavy (non-hydrogen) atoms. The van der Waals surface area contributed by atoms with Crippen LogP contribution < -0.4 is 5.73 Å². The van der Waals surface area contributed by atoms with E-state index in [0.29, 0.717) is 12.0 Å². The normalized spacial score (nSPS) is 12.3. The number of hydrogen-bond donors (Lipinski definition) is 1. The Labute approximate surface area is 118 Å². The fraction of sp³-hybridized carbons (Fsp3) is 0.250. The third-order valence-corrected chi connectivity index (χ3v) is 3.99. The molecule has 1 atom stereocenters. The molecule has 0 amide bonds. The molecule has 0 bridgehead atoms. The third kappa shape index (κ3) is 4.69. The van der Waals surface area contributed by atoms with Gasteiger partial charge in [-0.3, -0.25) is 0 Å². The Morgan fingerprint density at radius 2 is 1.68 bits per heavy atom. The minimum absolute atomic E-state index is 0.00751. The highest BCUT2D eigenvalue weighted by Crippen LogP contribution is 2.19. The second kappa shape index (κ2) is 7.31. The summed E-state index contributed by atoms with van der Waals surface area (Å²) < 4.78 is 13.5. The highest BCUT2D eigenvalue weighted by Gasteiger charge is 2.07. The fourth-order valence-corrected chi connectivity index (χ4v) is 2.90.